The van der Waals surface area contributed by atoms with Crippen LogP contribution >= 0.6 is 0 Å². The number of pyridine rings is 1. The third-order valence-corrected chi connectivity index (χ3v) is 6.49. The van der Waals surface area contributed by atoms with E-state index in [-0.39, 0.29) is 18.2 Å². The Labute approximate surface area is 205 Å². The van der Waals surface area contributed by atoms with Gasteiger partial charge in [0.1, 0.15) is 0 Å². The lowest BCUT2D eigenvalue weighted by molar-refractivity contribution is 0.152. The van der Waals surface area contributed by atoms with Crippen LogP contribution in [0.4, 0.5) is 0 Å². The summed E-state index contributed by atoms with van der Waals surface area (Å²) in [6.07, 6.45) is 2.21. The van der Waals surface area contributed by atoms with Gasteiger partial charge in [0.15, 0.2) is 5.82 Å². The van der Waals surface area contributed by atoms with Gasteiger partial charge in [-0.2, -0.15) is 0 Å². The molecule has 8 nitrogen and oxygen atoms in total. The Hall–Kier alpha value is -3.36. The van der Waals surface area contributed by atoms with Gasteiger partial charge in [-0.25, -0.2) is 4.68 Å². The summed E-state index contributed by atoms with van der Waals surface area (Å²) < 4.78 is 1.87. The van der Waals surface area contributed by atoms with Gasteiger partial charge in [0.05, 0.1) is 11.6 Å². The molecule has 1 atom stereocenters. The van der Waals surface area contributed by atoms with Gasteiger partial charge >= 0.3 is 0 Å². The number of fused-ring (bicyclic) bond motifs is 1. The van der Waals surface area contributed by atoms with Gasteiger partial charge in [0.2, 0.25) is 0 Å². The molecule has 0 aliphatic rings. The molecule has 0 saturated heterocycles. The first kappa shape index (κ1) is 24.8. The van der Waals surface area contributed by atoms with Gasteiger partial charge in [-0.1, -0.05) is 48.9 Å². The third kappa shape index (κ3) is 5.83. The first-order chi connectivity index (χ1) is 17.0. The Morgan fingerprint density at radius 3 is 2.69 bits per heavy atom. The number of aromatic nitrogens is 5. The zero-order valence-electron chi connectivity index (χ0n) is 20.7. The summed E-state index contributed by atoms with van der Waals surface area (Å²) in [4.78, 5) is 18.3. The molecule has 2 aromatic carbocycles. The standard InChI is InChI=1S/C27H34N6O2/c1-4-24(26-29-30-31-33(26)13-11-21-9-6-5-7-10-21)32(12-8-14-34)18-23-17-22-16-19(2)15-20(3)25(22)28-27(23)35/h5-7,9-10,15-17,24,34H,4,8,11-14,18H2,1-3H3,(H,28,35)/t24-/m1/s1. The molecular weight excluding hydrogens is 440 g/mol. The van der Waals surface area contributed by atoms with Crippen LogP contribution in [-0.2, 0) is 19.5 Å². The van der Waals surface area contributed by atoms with Gasteiger partial charge < -0.3 is 10.1 Å². The van der Waals surface area contributed by atoms with E-state index in [4.69, 9.17) is 0 Å². The fourth-order valence-electron chi connectivity index (χ4n) is 4.78. The fraction of sp³-hybridized carbons (Fsp3) is 0.407. The van der Waals surface area contributed by atoms with E-state index in [0.717, 1.165) is 40.7 Å². The van der Waals surface area contributed by atoms with Crippen molar-refractivity contribution in [2.45, 2.75) is 59.2 Å². The molecule has 35 heavy (non-hydrogen) atoms. The summed E-state index contributed by atoms with van der Waals surface area (Å²) in [5.74, 6) is 0.783. The monoisotopic (exact) mass is 474 g/mol. The van der Waals surface area contributed by atoms with Gasteiger partial charge in [-0.15, -0.1) is 5.10 Å². The number of aryl methyl sites for hydroxylation is 4. The molecule has 4 rings (SSSR count). The van der Waals surface area contributed by atoms with Crippen LogP contribution in [-0.4, -0.2) is 48.3 Å². The van der Waals surface area contributed by atoms with Crippen LogP contribution in [0.15, 0.2) is 53.3 Å². The molecule has 2 aromatic heterocycles. The van der Waals surface area contributed by atoms with Crippen molar-refractivity contribution in [2.24, 2.45) is 0 Å². The molecule has 184 valence electrons. The highest BCUT2D eigenvalue weighted by atomic mass is 16.3. The van der Waals surface area contributed by atoms with Gasteiger partial charge in [0.25, 0.3) is 5.56 Å². The number of aliphatic hydroxyl groups is 1. The predicted octanol–water partition coefficient (Wildman–Crippen LogP) is 3.71. The first-order valence-corrected chi connectivity index (χ1v) is 12.3. The van der Waals surface area contributed by atoms with Gasteiger partial charge in [0, 0.05) is 31.8 Å². The quantitative estimate of drug-likeness (QED) is 0.344. The summed E-state index contributed by atoms with van der Waals surface area (Å²) in [5.41, 5.74) is 4.94. The Morgan fingerprint density at radius 2 is 1.94 bits per heavy atom. The number of hydrogen-bond acceptors (Lipinski definition) is 6. The maximum Gasteiger partial charge on any atom is 0.252 e. The molecule has 0 bridgehead atoms. The third-order valence-electron chi connectivity index (χ3n) is 6.49. The van der Waals surface area contributed by atoms with Crippen LogP contribution < -0.4 is 5.56 Å². The molecule has 2 heterocycles. The summed E-state index contributed by atoms with van der Waals surface area (Å²) in [6, 6.07) is 16.4. The van der Waals surface area contributed by atoms with Crippen molar-refractivity contribution in [1.29, 1.82) is 0 Å². The van der Waals surface area contributed by atoms with Gasteiger partial charge in [-0.05, 0) is 72.2 Å². The van der Waals surface area contributed by atoms with Crippen LogP contribution in [0, 0.1) is 13.8 Å². The second-order valence-electron chi connectivity index (χ2n) is 9.14. The molecule has 0 radical (unpaired) electrons. The van der Waals surface area contributed by atoms with Crippen molar-refractivity contribution >= 4 is 10.9 Å². The number of tetrazole rings is 1. The van der Waals surface area contributed by atoms with Crippen molar-refractivity contribution in [1.82, 2.24) is 30.1 Å². The van der Waals surface area contributed by atoms with Crippen LogP contribution in [0.3, 0.4) is 0 Å². The van der Waals surface area contributed by atoms with Crippen molar-refractivity contribution in [2.75, 3.05) is 13.2 Å². The van der Waals surface area contributed by atoms with E-state index in [2.05, 4.69) is 63.5 Å². The highest BCUT2D eigenvalue weighted by Gasteiger charge is 2.25. The van der Waals surface area contributed by atoms with Crippen molar-refractivity contribution in [3.63, 3.8) is 0 Å². The SMILES string of the molecule is CC[C@H](c1nnnn1CCc1ccccc1)N(CCCO)Cc1cc2cc(C)cc(C)c2[nH]c1=O. The predicted molar refractivity (Wildman–Crippen MR) is 137 cm³/mol. The van der Waals surface area contributed by atoms with Crippen molar-refractivity contribution in [3.05, 3.63) is 87.0 Å². The molecular formula is C27H34N6O2. The molecule has 0 aliphatic carbocycles. The number of aromatic amines is 1. The Bertz CT molecular complexity index is 1310. The summed E-state index contributed by atoms with van der Waals surface area (Å²) >= 11 is 0. The molecule has 8 heteroatoms. The minimum atomic E-state index is -0.0861. The molecule has 0 unspecified atom stereocenters. The highest BCUT2D eigenvalue weighted by Crippen LogP contribution is 2.25. The number of rotatable bonds is 11. The van der Waals surface area contributed by atoms with Crippen molar-refractivity contribution < 1.29 is 5.11 Å². The summed E-state index contributed by atoms with van der Waals surface area (Å²) in [5, 5.41) is 23.2. The van der Waals surface area contributed by atoms with E-state index in [1.165, 1.54) is 5.56 Å². The lowest BCUT2D eigenvalue weighted by Gasteiger charge is -2.30. The average Bonchev–Trinajstić information content (AvgIpc) is 3.31. The average molecular weight is 475 g/mol. The van der Waals surface area contributed by atoms with Crippen LogP contribution in [0.2, 0.25) is 0 Å². The van der Waals surface area contributed by atoms with Gasteiger partial charge in [-0.3, -0.25) is 9.69 Å². The second-order valence-corrected chi connectivity index (χ2v) is 9.14. The van der Waals surface area contributed by atoms with E-state index in [1.54, 1.807) is 0 Å². The molecule has 0 saturated carbocycles. The highest BCUT2D eigenvalue weighted by molar-refractivity contribution is 5.82. The molecule has 2 N–H and O–H groups in total. The maximum absolute atomic E-state index is 13.0. The summed E-state index contributed by atoms with van der Waals surface area (Å²) in [6.45, 7) is 8.01. The summed E-state index contributed by atoms with van der Waals surface area (Å²) in [7, 11) is 0. The lowest BCUT2D eigenvalue weighted by atomic mass is 10.0. The maximum atomic E-state index is 13.0. The van der Waals surface area contributed by atoms with Crippen LogP contribution in [0.25, 0.3) is 10.9 Å². The van der Waals surface area contributed by atoms with Crippen molar-refractivity contribution in [3.8, 4) is 0 Å². The number of benzene rings is 2. The first-order valence-electron chi connectivity index (χ1n) is 12.3. The molecule has 0 aliphatic heterocycles. The largest absolute Gasteiger partial charge is 0.396 e. The van der Waals surface area contributed by atoms with E-state index < -0.39 is 0 Å². The molecule has 0 amide bonds. The van der Waals surface area contributed by atoms with E-state index in [0.29, 0.717) is 31.6 Å². The zero-order chi connectivity index (χ0) is 24.8. The molecule has 4 aromatic rings. The van der Waals surface area contributed by atoms with Crippen LogP contribution in [0.5, 0.6) is 0 Å². The fourth-order valence-corrected chi connectivity index (χ4v) is 4.78. The second kappa shape index (κ2) is 11.4. The number of aliphatic hydroxyl groups excluding tert-OH is 1. The Kier molecular flexibility index (Phi) is 8.05. The van der Waals surface area contributed by atoms with Crippen LogP contribution in [0.1, 0.15) is 53.9 Å². The number of H-pyrrole nitrogens is 1. The van der Waals surface area contributed by atoms with E-state index in [9.17, 15) is 9.90 Å². The normalized spacial score (nSPS) is 12.5. The minimum absolute atomic E-state index is 0.0817. The zero-order valence-corrected chi connectivity index (χ0v) is 20.7. The number of nitrogens with zero attached hydrogens (tertiary/aromatic N) is 5. The van der Waals surface area contributed by atoms with E-state index in [1.807, 2.05) is 35.9 Å². The Balaban J connectivity index is 1.62. The Morgan fingerprint density at radius 1 is 1.14 bits per heavy atom. The van der Waals surface area contributed by atoms with E-state index >= 15 is 0 Å². The molecule has 0 fully saturated rings. The topological polar surface area (TPSA) is 99.9 Å². The lowest BCUT2D eigenvalue weighted by Crippen LogP contribution is -2.34. The minimum Gasteiger partial charge on any atom is -0.396 e. The number of hydrogen-bond donors (Lipinski definition) is 2. The number of nitrogens with one attached hydrogen (secondary N) is 1. The molecule has 0 spiro atoms. The smallest absolute Gasteiger partial charge is 0.252 e.